The van der Waals surface area contributed by atoms with E-state index in [-0.39, 0.29) is 24.1 Å². The molecule has 2 amide bonds. The Labute approximate surface area is 154 Å². The van der Waals surface area contributed by atoms with Crippen LogP contribution in [0.25, 0.3) is 0 Å². The van der Waals surface area contributed by atoms with Gasteiger partial charge in [-0.2, -0.15) is 0 Å². The van der Waals surface area contributed by atoms with Crippen molar-refractivity contribution in [2.24, 2.45) is 0 Å². The molecule has 4 nitrogen and oxygen atoms in total. The molecule has 0 saturated heterocycles. The van der Waals surface area contributed by atoms with Crippen LogP contribution >= 0.6 is 0 Å². The van der Waals surface area contributed by atoms with Crippen LogP contribution < -0.4 is 5.32 Å². The summed E-state index contributed by atoms with van der Waals surface area (Å²) >= 11 is 0. The second kappa shape index (κ2) is 9.70. The molecule has 2 rings (SSSR count). The molecule has 0 radical (unpaired) electrons. The number of halogens is 1. The first kappa shape index (κ1) is 19.6. The third-order valence-corrected chi connectivity index (χ3v) is 4.27. The summed E-state index contributed by atoms with van der Waals surface area (Å²) in [6, 6.07) is 15.1. The zero-order valence-corrected chi connectivity index (χ0v) is 15.2. The fourth-order valence-electron chi connectivity index (χ4n) is 2.77. The maximum atomic E-state index is 13.1. The van der Waals surface area contributed by atoms with E-state index in [9.17, 15) is 14.0 Å². The largest absolute Gasteiger partial charge is 0.355 e. The molecule has 0 heterocycles. The lowest BCUT2D eigenvalue weighted by Gasteiger charge is -2.28. The molecule has 0 aliphatic heterocycles. The van der Waals surface area contributed by atoms with Gasteiger partial charge < -0.3 is 10.2 Å². The molecule has 0 aliphatic carbocycles. The van der Waals surface area contributed by atoms with Crippen molar-refractivity contribution >= 4 is 11.8 Å². The first-order chi connectivity index (χ1) is 12.5. The fraction of sp³-hybridized carbons (Fsp3) is 0.333. The SMILES string of the molecule is CCNC(=O)C(C)N(CCc1ccccc1)C(=O)Cc1ccc(F)cc1. The van der Waals surface area contributed by atoms with Crippen molar-refractivity contribution < 1.29 is 14.0 Å². The number of amides is 2. The number of rotatable bonds is 8. The van der Waals surface area contributed by atoms with E-state index in [0.717, 1.165) is 11.1 Å². The highest BCUT2D eigenvalue weighted by molar-refractivity contribution is 5.88. The molecule has 2 aromatic carbocycles. The van der Waals surface area contributed by atoms with Gasteiger partial charge in [-0.15, -0.1) is 0 Å². The van der Waals surface area contributed by atoms with E-state index in [4.69, 9.17) is 0 Å². The van der Waals surface area contributed by atoms with E-state index in [1.54, 1.807) is 24.0 Å². The van der Waals surface area contributed by atoms with Gasteiger partial charge in [0.25, 0.3) is 0 Å². The molecule has 0 aliphatic rings. The highest BCUT2D eigenvalue weighted by Gasteiger charge is 2.25. The second-order valence-corrected chi connectivity index (χ2v) is 6.20. The molecule has 0 saturated carbocycles. The second-order valence-electron chi connectivity index (χ2n) is 6.20. The summed E-state index contributed by atoms with van der Waals surface area (Å²) < 4.78 is 13.1. The van der Waals surface area contributed by atoms with E-state index >= 15 is 0 Å². The van der Waals surface area contributed by atoms with Gasteiger partial charge >= 0.3 is 0 Å². The highest BCUT2D eigenvalue weighted by atomic mass is 19.1. The summed E-state index contributed by atoms with van der Waals surface area (Å²) in [6.07, 6.45) is 0.804. The Kier molecular flexibility index (Phi) is 7.33. The molecule has 0 spiro atoms. The number of hydrogen-bond donors (Lipinski definition) is 1. The summed E-state index contributed by atoms with van der Waals surface area (Å²) in [7, 11) is 0. The van der Waals surface area contributed by atoms with Gasteiger partial charge in [0.2, 0.25) is 11.8 Å². The van der Waals surface area contributed by atoms with Crippen LogP contribution in [-0.4, -0.2) is 35.8 Å². The average Bonchev–Trinajstić information content (AvgIpc) is 2.64. The zero-order valence-electron chi connectivity index (χ0n) is 15.2. The molecule has 0 fully saturated rings. The molecule has 1 N–H and O–H groups in total. The standard InChI is InChI=1S/C21H25FN2O2/c1-3-23-21(26)16(2)24(14-13-17-7-5-4-6-8-17)20(25)15-18-9-11-19(22)12-10-18/h4-12,16H,3,13-15H2,1-2H3,(H,23,26). The van der Waals surface area contributed by atoms with Gasteiger partial charge in [0, 0.05) is 13.1 Å². The topological polar surface area (TPSA) is 49.4 Å². The van der Waals surface area contributed by atoms with Crippen molar-refractivity contribution in [2.45, 2.75) is 32.7 Å². The Bertz CT molecular complexity index is 717. The van der Waals surface area contributed by atoms with Crippen LogP contribution in [0.3, 0.4) is 0 Å². The van der Waals surface area contributed by atoms with Crippen molar-refractivity contribution in [1.29, 1.82) is 0 Å². The molecule has 1 atom stereocenters. The molecule has 26 heavy (non-hydrogen) atoms. The number of carbonyl (C=O) groups excluding carboxylic acids is 2. The lowest BCUT2D eigenvalue weighted by atomic mass is 10.1. The van der Waals surface area contributed by atoms with Gasteiger partial charge in [-0.3, -0.25) is 9.59 Å². The van der Waals surface area contributed by atoms with Gasteiger partial charge in [-0.25, -0.2) is 4.39 Å². The maximum Gasteiger partial charge on any atom is 0.242 e. The van der Waals surface area contributed by atoms with Crippen molar-refractivity contribution in [3.8, 4) is 0 Å². The normalized spacial score (nSPS) is 11.7. The molecular formula is C21H25FN2O2. The van der Waals surface area contributed by atoms with E-state index in [1.165, 1.54) is 12.1 Å². The predicted octanol–water partition coefficient (Wildman–Crippen LogP) is 2.96. The summed E-state index contributed by atoms with van der Waals surface area (Å²) in [5.74, 6) is -0.655. The van der Waals surface area contributed by atoms with Gasteiger partial charge in [0.15, 0.2) is 0 Å². The van der Waals surface area contributed by atoms with Gasteiger partial charge in [0.05, 0.1) is 6.42 Å². The number of carbonyl (C=O) groups is 2. The van der Waals surface area contributed by atoms with E-state index < -0.39 is 6.04 Å². The van der Waals surface area contributed by atoms with Crippen LogP contribution in [0.2, 0.25) is 0 Å². The van der Waals surface area contributed by atoms with Gasteiger partial charge in [-0.05, 0) is 43.5 Å². The number of likely N-dealkylation sites (N-methyl/N-ethyl adjacent to an activating group) is 1. The molecular weight excluding hydrogens is 331 g/mol. The Balaban J connectivity index is 2.11. The highest BCUT2D eigenvalue weighted by Crippen LogP contribution is 2.10. The van der Waals surface area contributed by atoms with Crippen molar-refractivity contribution in [2.75, 3.05) is 13.1 Å². The number of nitrogens with zero attached hydrogens (tertiary/aromatic N) is 1. The Morgan fingerprint density at radius 3 is 2.31 bits per heavy atom. The first-order valence-corrected chi connectivity index (χ1v) is 8.86. The zero-order chi connectivity index (χ0) is 18.9. The summed E-state index contributed by atoms with van der Waals surface area (Å²) in [4.78, 5) is 26.7. The van der Waals surface area contributed by atoms with Gasteiger partial charge in [-0.1, -0.05) is 42.5 Å². The van der Waals surface area contributed by atoms with Crippen LogP contribution in [0.1, 0.15) is 25.0 Å². The molecule has 1 unspecified atom stereocenters. The fourth-order valence-corrected chi connectivity index (χ4v) is 2.77. The van der Waals surface area contributed by atoms with E-state index in [1.807, 2.05) is 37.3 Å². The predicted molar refractivity (Wildman–Crippen MR) is 100 cm³/mol. The van der Waals surface area contributed by atoms with Gasteiger partial charge in [0.1, 0.15) is 11.9 Å². The summed E-state index contributed by atoms with van der Waals surface area (Å²) in [5.41, 5.74) is 1.83. The van der Waals surface area contributed by atoms with E-state index in [2.05, 4.69) is 5.32 Å². The average molecular weight is 356 g/mol. The van der Waals surface area contributed by atoms with Crippen molar-refractivity contribution in [3.63, 3.8) is 0 Å². The van der Waals surface area contributed by atoms with Crippen molar-refractivity contribution in [3.05, 3.63) is 71.5 Å². The third kappa shape index (κ3) is 5.69. The minimum absolute atomic E-state index is 0.138. The lowest BCUT2D eigenvalue weighted by Crippen LogP contribution is -2.49. The molecule has 0 bridgehead atoms. The maximum absolute atomic E-state index is 13.1. The Morgan fingerprint density at radius 2 is 1.69 bits per heavy atom. The van der Waals surface area contributed by atoms with E-state index in [0.29, 0.717) is 19.5 Å². The van der Waals surface area contributed by atoms with Crippen LogP contribution in [0.4, 0.5) is 4.39 Å². The first-order valence-electron chi connectivity index (χ1n) is 8.86. The lowest BCUT2D eigenvalue weighted by molar-refractivity contribution is -0.139. The molecule has 5 heteroatoms. The monoisotopic (exact) mass is 356 g/mol. The van der Waals surface area contributed by atoms with Crippen LogP contribution in [0, 0.1) is 5.82 Å². The molecule has 0 aromatic heterocycles. The quantitative estimate of drug-likeness (QED) is 0.791. The Hall–Kier alpha value is -2.69. The Morgan fingerprint density at radius 1 is 1.04 bits per heavy atom. The molecule has 138 valence electrons. The van der Waals surface area contributed by atoms with Crippen LogP contribution in [-0.2, 0) is 22.4 Å². The number of hydrogen-bond acceptors (Lipinski definition) is 2. The summed E-state index contributed by atoms with van der Waals surface area (Å²) in [6.45, 7) is 4.54. The number of benzene rings is 2. The summed E-state index contributed by atoms with van der Waals surface area (Å²) in [5, 5.41) is 2.77. The smallest absolute Gasteiger partial charge is 0.242 e. The minimum Gasteiger partial charge on any atom is -0.355 e. The number of nitrogens with one attached hydrogen (secondary N) is 1. The third-order valence-electron chi connectivity index (χ3n) is 4.27. The van der Waals surface area contributed by atoms with Crippen molar-refractivity contribution in [1.82, 2.24) is 10.2 Å². The van der Waals surface area contributed by atoms with Crippen LogP contribution in [0.15, 0.2) is 54.6 Å². The molecule has 2 aromatic rings. The van der Waals surface area contributed by atoms with Crippen LogP contribution in [0.5, 0.6) is 0 Å². The minimum atomic E-state index is -0.563.